The van der Waals surface area contributed by atoms with Crippen molar-refractivity contribution in [3.05, 3.63) is 64.7 Å². The van der Waals surface area contributed by atoms with E-state index in [2.05, 4.69) is 6.92 Å². The van der Waals surface area contributed by atoms with E-state index in [-0.39, 0.29) is 0 Å². The molecule has 0 radical (unpaired) electrons. The highest BCUT2D eigenvalue weighted by atomic mass is 16.5. The lowest BCUT2D eigenvalue weighted by Gasteiger charge is -2.08. The number of hydrogen-bond acceptors (Lipinski definition) is 4. The van der Waals surface area contributed by atoms with E-state index < -0.39 is 11.9 Å². The van der Waals surface area contributed by atoms with E-state index in [1.807, 2.05) is 26.0 Å². The summed E-state index contributed by atoms with van der Waals surface area (Å²) in [4.78, 5) is 24.8. The monoisotopic (exact) mass is 424 g/mol. The van der Waals surface area contributed by atoms with Gasteiger partial charge in [-0.2, -0.15) is 0 Å². The highest BCUT2D eigenvalue weighted by Crippen LogP contribution is 2.18. The molecule has 0 saturated heterocycles. The molecule has 0 spiro atoms. The lowest BCUT2D eigenvalue weighted by Crippen LogP contribution is -2.11. The van der Waals surface area contributed by atoms with Gasteiger partial charge in [0.05, 0.1) is 17.7 Å². The molecule has 2 aromatic rings. The Hall–Kier alpha value is -2.62. The number of rotatable bonds is 13. The van der Waals surface area contributed by atoms with Gasteiger partial charge < -0.3 is 9.47 Å². The van der Waals surface area contributed by atoms with Crippen LogP contribution in [0.3, 0.4) is 0 Å². The van der Waals surface area contributed by atoms with Crippen LogP contribution in [0.25, 0.3) is 0 Å². The molecule has 0 fully saturated rings. The number of esters is 2. The fourth-order valence-electron chi connectivity index (χ4n) is 3.38. The van der Waals surface area contributed by atoms with Gasteiger partial charge in [-0.25, -0.2) is 9.59 Å². The zero-order valence-corrected chi connectivity index (χ0v) is 19.2. The van der Waals surface area contributed by atoms with E-state index in [4.69, 9.17) is 9.47 Å². The maximum absolute atomic E-state index is 12.5. The minimum absolute atomic E-state index is 0.329. The van der Waals surface area contributed by atoms with Crippen LogP contribution in [0, 0.1) is 13.8 Å². The smallest absolute Gasteiger partial charge is 0.343 e. The van der Waals surface area contributed by atoms with Crippen molar-refractivity contribution < 1.29 is 19.1 Å². The molecule has 0 aliphatic carbocycles. The molecule has 0 unspecified atom stereocenters. The quantitative estimate of drug-likeness (QED) is 0.194. The third-order valence-corrected chi connectivity index (χ3v) is 5.50. The topological polar surface area (TPSA) is 52.6 Å². The summed E-state index contributed by atoms with van der Waals surface area (Å²) in [5.74, 6) is -0.399. The predicted octanol–water partition coefficient (Wildman–Crippen LogP) is 7.21. The first-order valence-corrected chi connectivity index (χ1v) is 11.6. The minimum atomic E-state index is -0.489. The molecule has 0 bridgehead atoms. The van der Waals surface area contributed by atoms with E-state index in [0.29, 0.717) is 23.5 Å². The molecular formula is C27H36O4. The van der Waals surface area contributed by atoms with Crippen LogP contribution in [0.1, 0.15) is 96.6 Å². The Morgan fingerprint density at radius 2 is 1.32 bits per heavy atom. The molecule has 4 nitrogen and oxygen atoms in total. The van der Waals surface area contributed by atoms with Crippen molar-refractivity contribution in [3.63, 3.8) is 0 Å². The summed E-state index contributed by atoms with van der Waals surface area (Å²) < 4.78 is 10.8. The molecule has 0 aromatic heterocycles. The lowest BCUT2D eigenvalue weighted by molar-refractivity contribution is 0.0497. The van der Waals surface area contributed by atoms with Gasteiger partial charge in [-0.15, -0.1) is 0 Å². The van der Waals surface area contributed by atoms with Crippen LogP contribution < -0.4 is 4.74 Å². The number of hydrogen-bond donors (Lipinski definition) is 0. The SMILES string of the molecule is CCCCCCCCCCCOC(=O)c1cccc(C(=O)Oc2ccc(C)c(C)c2)c1. The molecule has 0 amide bonds. The number of ether oxygens (including phenoxy) is 2. The predicted molar refractivity (Wildman–Crippen MR) is 125 cm³/mol. The molecule has 4 heteroatoms. The van der Waals surface area contributed by atoms with Crippen LogP contribution in [-0.2, 0) is 4.74 Å². The molecule has 0 aliphatic rings. The Balaban J connectivity index is 1.73. The Morgan fingerprint density at radius 3 is 1.97 bits per heavy atom. The summed E-state index contributed by atoms with van der Waals surface area (Å²) in [7, 11) is 0. The summed E-state index contributed by atoms with van der Waals surface area (Å²) in [5, 5.41) is 0. The summed E-state index contributed by atoms with van der Waals surface area (Å²) in [6.07, 6.45) is 11.0. The summed E-state index contributed by atoms with van der Waals surface area (Å²) in [5.41, 5.74) is 2.89. The number of carbonyl (C=O) groups excluding carboxylic acids is 2. The minimum Gasteiger partial charge on any atom is -0.462 e. The molecule has 168 valence electrons. The third-order valence-electron chi connectivity index (χ3n) is 5.50. The lowest BCUT2D eigenvalue weighted by atomic mass is 10.1. The molecular weight excluding hydrogens is 388 g/mol. The first-order valence-electron chi connectivity index (χ1n) is 11.6. The average molecular weight is 425 g/mol. The van der Waals surface area contributed by atoms with Gasteiger partial charge in [0.1, 0.15) is 5.75 Å². The number of carbonyl (C=O) groups is 2. The van der Waals surface area contributed by atoms with Crippen molar-refractivity contribution in [2.75, 3.05) is 6.61 Å². The Morgan fingerprint density at radius 1 is 0.710 bits per heavy atom. The Kier molecular flexibility index (Phi) is 10.8. The van der Waals surface area contributed by atoms with E-state index in [0.717, 1.165) is 24.0 Å². The standard InChI is InChI=1S/C27H36O4/c1-4-5-6-7-8-9-10-11-12-18-30-26(28)23-14-13-15-24(20-23)27(29)31-25-17-16-21(2)22(3)19-25/h13-17,19-20H,4-12,18H2,1-3H3. The number of aryl methyl sites for hydroxylation is 2. The van der Waals surface area contributed by atoms with Crippen molar-refractivity contribution in [1.29, 1.82) is 0 Å². The molecule has 2 rings (SSSR count). The summed E-state index contributed by atoms with van der Waals surface area (Å²) >= 11 is 0. The number of unbranched alkanes of at least 4 members (excludes halogenated alkanes) is 8. The van der Waals surface area contributed by atoms with E-state index in [1.165, 1.54) is 51.0 Å². The molecule has 2 aromatic carbocycles. The largest absolute Gasteiger partial charge is 0.462 e. The highest BCUT2D eigenvalue weighted by Gasteiger charge is 2.13. The van der Waals surface area contributed by atoms with Crippen molar-refractivity contribution in [2.45, 2.75) is 78.6 Å². The van der Waals surface area contributed by atoms with Gasteiger partial charge in [0.25, 0.3) is 0 Å². The zero-order chi connectivity index (χ0) is 22.5. The van der Waals surface area contributed by atoms with Crippen LogP contribution in [0.4, 0.5) is 0 Å². The Labute approximate surface area is 187 Å². The van der Waals surface area contributed by atoms with Gasteiger partial charge in [-0.1, -0.05) is 70.4 Å². The summed E-state index contributed by atoms with van der Waals surface area (Å²) in [6, 6.07) is 12.0. The molecule has 0 N–H and O–H groups in total. The first kappa shape index (κ1) is 24.6. The molecule has 0 heterocycles. The van der Waals surface area contributed by atoms with Gasteiger partial charge in [0.15, 0.2) is 0 Å². The second-order valence-corrected chi connectivity index (χ2v) is 8.18. The first-order chi connectivity index (χ1) is 15.0. The van der Waals surface area contributed by atoms with Crippen LogP contribution >= 0.6 is 0 Å². The number of benzene rings is 2. The van der Waals surface area contributed by atoms with Crippen molar-refractivity contribution >= 4 is 11.9 Å². The molecule has 0 atom stereocenters. The average Bonchev–Trinajstić information content (AvgIpc) is 2.77. The van der Waals surface area contributed by atoms with E-state index in [1.54, 1.807) is 24.3 Å². The van der Waals surface area contributed by atoms with Gasteiger partial charge in [0, 0.05) is 0 Å². The molecule has 0 saturated carbocycles. The van der Waals surface area contributed by atoms with Gasteiger partial charge in [-0.05, 0) is 61.7 Å². The highest BCUT2D eigenvalue weighted by molar-refractivity contribution is 5.96. The normalized spacial score (nSPS) is 10.7. The van der Waals surface area contributed by atoms with Gasteiger partial charge >= 0.3 is 11.9 Å². The third kappa shape index (κ3) is 8.95. The van der Waals surface area contributed by atoms with E-state index >= 15 is 0 Å². The molecule has 31 heavy (non-hydrogen) atoms. The zero-order valence-electron chi connectivity index (χ0n) is 19.2. The maximum atomic E-state index is 12.5. The molecule has 0 aliphatic heterocycles. The van der Waals surface area contributed by atoms with Crippen LogP contribution in [0.5, 0.6) is 5.75 Å². The fourth-order valence-corrected chi connectivity index (χ4v) is 3.38. The van der Waals surface area contributed by atoms with Crippen LogP contribution in [0.15, 0.2) is 42.5 Å². The van der Waals surface area contributed by atoms with Crippen molar-refractivity contribution in [1.82, 2.24) is 0 Å². The maximum Gasteiger partial charge on any atom is 0.343 e. The van der Waals surface area contributed by atoms with Gasteiger partial charge in [0.2, 0.25) is 0 Å². The van der Waals surface area contributed by atoms with Crippen LogP contribution in [-0.4, -0.2) is 18.5 Å². The van der Waals surface area contributed by atoms with Crippen LogP contribution in [0.2, 0.25) is 0 Å². The van der Waals surface area contributed by atoms with E-state index in [9.17, 15) is 9.59 Å². The van der Waals surface area contributed by atoms with Gasteiger partial charge in [-0.3, -0.25) is 0 Å². The second kappa shape index (κ2) is 13.6. The Bertz CT molecular complexity index is 841. The van der Waals surface area contributed by atoms with Crippen molar-refractivity contribution in [2.24, 2.45) is 0 Å². The van der Waals surface area contributed by atoms with Crippen molar-refractivity contribution in [3.8, 4) is 5.75 Å². The fraction of sp³-hybridized carbons (Fsp3) is 0.481. The second-order valence-electron chi connectivity index (χ2n) is 8.18. The summed E-state index contributed by atoms with van der Waals surface area (Å²) in [6.45, 7) is 6.61.